The number of sulfonamides is 1. The Kier molecular flexibility index (Phi) is 9.75. The fourth-order valence-corrected chi connectivity index (χ4v) is 6.04. The summed E-state index contributed by atoms with van der Waals surface area (Å²) in [6.07, 6.45) is -0.801. The molecule has 0 spiro atoms. The lowest BCUT2D eigenvalue weighted by Gasteiger charge is -2.23. The molecule has 0 aliphatic carbocycles. The van der Waals surface area contributed by atoms with Crippen LogP contribution in [0.5, 0.6) is 11.5 Å². The van der Waals surface area contributed by atoms with E-state index in [1.807, 2.05) is 30.3 Å². The number of nitrogens with one attached hydrogen (secondary N) is 1. The van der Waals surface area contributed by atoms with Crippen molar-refractivity contribution in [3.8, 4) is 22.6 Å². The number of nitrogens with zero attached hydrogens (tertiary/aromatic N) is 2. The molecule has 1 fully saturated rings. The van der Waals surface area contributed by atoms with Gasteiger partial charge in [0.15, 0.2) is 0 Å². The van der Waals surface area contributed by atoms with Gasteiger partial charge in [0, 0.05) is 25.4 Å². The lowest BCUT2D eigenvalue weighted by Crippen LogP contribution is -2.41. The summed E-state index contributed by atoms with van der Waals surface area (Å²) in [5.41, 5.74) is 2.40. The second kappa shape index (κ2) is 13.4. The Balaban J connectivity index is 1.36. The summed E-state index contributed by atoms with van der Waals surface area (Å²) in [6, 6.07) is 22.6. The minimum absolute atomic E-state index is 0.0207. The summed E-state index contributed by atoms with van der Waals surface area (Å²) in [5.74, 6) is 0.845. The van der Waals surface area contributed by atoms with Gasteiger partial charge >= 0.3 is 0 Å². The van der Waals surface area contributed by atoms with Gasteiger partial charge < -0.3 is 24.7 Å². The Morgan fingerprint density at radius 2 is 1.65 bits per heavy atom. The number of methoxy groups -OCH3 is 1. The van der Waals surface area contributed by atoms with Gasteiger partial charge in [0.2, 0.25) is 15.9 Å². The summed E-state index contributed by atoms with van der Waals surface area (Å²) < 4.78 is 39.1. The molecule has 1 aliphatic rings. The molecule has 0 saturated carbocycles. The number of amides is 1. The lowest BCUT2D eigenvalue weighted by molar-refractivity contribution is -0.122. The van der Waals surface area contributed by atoms with Crippen LogP contribution >= 0.6 is 0 Å². The number of aliphatic hydroxyl groups excluding tert-OH is 1. The summed E-state index contributed by atoms with van der Waals surface area (Å²) in [6.45, 7) is -0.0541. The molecular weight excluding hydrogens is 534 g/mol. The molecule has 0 radical (unpaired) electrons. The van der Waals surface area contributed by atoms with Crippen molar-refractivity contribution >= 4 is 21.6 Å². The third kappa shape index (κ3) is 7.38. The Labute approximate surface area is 234 Å². The smallest absolute Gasteiger partial charge is 0.243 e. The molecule has 1 amide bonds. The largest absolute Gasteiger partial charge is 0.497 e. The van der Waals surface area contributed by atoms with Gasteiger partial charge in [0.1, 0.15) is 31.3 Å². The molecule has 1 aliphatic heterocycles. The zero-order valence-corrected chi connectivity index (χ0v) is 23.2. The number of carbonyl (C=O) groups is 1. The molecule has 11 heteroatoms. The van der Waals surface area contributed by atoms with Crippen LogP contribution in [-0.2, 0) is 19.7 Å². The van der Waals surface area contributed by atoms with Crippen molar-refractivity contribution < 1.29 is 32.6 Å². The summed E-state index contributed by atoms with van der Waals surface area (Å²) in [7, 11) is -0.962. The molecule has 2 atom stereocenters. The van der Waals surface area contributed by atoms with Crippen LogP contribution in [0.4, 0.5) is 0 Å². The maximum absolute atomic E-state index is 13.6. The first kappa shape index (κ1) is 29.1. The van der Waals surface area contributed by atoms with Gasteiger partial charge in [-0.15, -0.1) is 0 Å². The van der Waals surface area contributed by atoms with E-state index >= 15 is 0 Å². The highest BCUT2D eigenvalue weighted by atomic mass is 32.2. The van der Waals surface area contributed by atoms with E-state index in [2.05, 4.69) is 10.5 Å². The Bertz CT molecular complexity index is 1400. The van der Waals surface area contributed by atoms with Gasteiger partial charge in [-0.2, -0.15) is 4.31 Å². The summed E-state index contributed by atoms with van der Waals surface area (Å²) >= 11 is 0. The number of rotatable bonds is 12. The number of hydrogen-bond donors (Lipinski definition) is 2. The predicted octanol–water partition coefficient (Wildman–Crippen LogP) is 3.07. The third-order valence-corrected chi connectivity index (χ3v) is 8.38. The molecule has 4 rings (SSSR count). The highest BCUT2D eigenvalue weighted by molar-refractivity contribution is 7.89. The first-order valence-electron chi connectivity index (χ1n) is 12.8. The van der Waals surface area contributed by atoms with Crippen LogP contribution in [-0.4, -0.2) is 75.5 Å². The molecule has 2 N–H and O–H groups in total. The van der Waals surface area contributed by atoms with Crippen LogP contribution in [0.2, 0.25) is 0 Å². The van der Waals surface area contributed by atoms with E-state index in [1.54, 1.807) is 55.6 Å². The maximum atomic E-state index is 13.6. The SMILES string of the molecule is CON=C1C[C@@H](CC(=O)NCC(O)COc2ccc(OC)cc2)N(S(=O)(=O)c2ccc(-c3ccccc3)cc2)C1. The molecule has 1 heterocycles. The minimum Gasteiger partial charge on any atom is -0.497 e. The quantitative estimate of drug-likeness (QED) is 0.322. The van der Waals surface area contributed by atoms with Gasteiger partial charge in [-0.25, -0.2) is 8.42 Å². The fraction of sp³-hybridized carbons (Fsp3) is 0.310. The van der Waals surface area contributed by atoms with Crippen LogP contribution in [0.25, 0.3) is 11.1 Å². The van der Waals surface area contributed by atoms with Gasteiger partial charge in [0.25, 0.3) is 0 Å². The second-order valence-corrected chi connectivity index (χ2v) is 11.2. The van der Waals surface area contributed by atoms with Crippen molar-refractivity contribution in [3.05, 3.63) is 78.9 Å². The van der Waals surface area contributed by atoms with Crippen LogP contribution < -0.4 is 14.8 Å². The van der Waals surface area contributed by atoms with E-state index in [-0.39, 0.29) is 37.4 Å². The molecule has 1 unspecified atom stereocenters. The number of ether oxygens (including phenoxy) is 2. The molecule has 10 nitrogen and oxygen atoms in total. The molecule has 40 heavy (non-hydrogen) atoms. The van der Waals surface area contributed by atoms with Crippen molar-refractivity contribution in [2.75, 3.05) is 33.9 Å². The van der Waals surface area contributed by atoms with E-state index in [1.165, 1.54) is 11.4 Å². The standard InChI is InChI=1S/C29H33N3O7S/c1-37-26-10-12-27(13-11-26)39-20-25(33)18-30-29(34)17-24-16-23(31-38-2)19-32(24)40(35,36)28-14-8-22(9-15-28)21-6-4-3-5-7-21/h3-15,24-25,33H,16-20H2,1-2H3,(H,30,34)/t24-,25?/m0/s1. The predicted molar refractivity (Wildman–Crippen MR) is 151 cm³/mol. The van der Waals surface area contributed by atoms with E-state index < -0.39 is 28.1 Å². The molecule has 0 aromatic heterocycles. The molecule has 212 valence electrons. The Morgan fingerprint density at radius 3 is 2.30 bits per heavy atom. The van der Waals surface area contributed by atoms with Crippen molar-refractivity contribution in [2.24, 2.45) is 5.16 Å². The fourth-order valence-electron chi connectivity index (χ4n) is 4.42. The number of hydrogen-bond acceptors (Lipinski definition) is 8. The first-order valence-corrected chi connectivity index (χ1v) is 14.2. The van der Waals surface area contributed by atoms with E-state index in [0.717, 1.165) is 11.1 Å². The maximum Gasteiger partial charge on any atom is 0.243 e. The van der Waals surface area contributed by atoms with E-state index in [9.17, 15) is 18.3 Å². The van der Waals surface area contributed by atoms with Gasteiger partial charge in [-0.3, -0.25) is 4.79 Å². The average molecular weight is 568 g/mol. The van der Waals surface area contributed by atoms with Crippen LogP contribution in [0.15, 0.2) is 88.9 Å². The topological polar surface area (TPSA) is 127 Å². The highest BCUT2D eigenvalue weighted by Gasteiger charge is 2.40. The van der Waals surface area contributed by atoms with Crippen molar-refractivity contribution in [1.82, 2.24) is 9.62 Å². The number of benzene rings is 3. The normalized spacial score (nSPS) is 17.4. The number of carbonyl (C=O) groups excluding carboxylic acids is 1. The highest BCUT2D eigenvalue weighted by Crippen LogP contribution is 2.29. The minimum atomic E-state index is -3.92. The molecule has 3 aromatic rings. The second-order valence-electron chi connectivity index (χ2n) is 9.29. The zero-order valence-electron chi connectivity index (χ0n) is 22.4. The third-order valence-electron chi connectivity index (χ3n) is 6.46. The van der Waals surface area contributed by atoms with E-state index in [0.29, 0.717) is 17.2 Å². The van der Waals surface area contributed by atoms with Gasteiger partial charge in [0.05, 0.1) is 24.3 Å². The summed E-state index contributed by atoms with van der Waals surface area (Å²) in [4.78, 5) is 17.8. The van der Waals surface area contributed by atoms with Crippen molar-refractivity contribution in [3.63, 3.8) is 0 Å². The van der Waals surface area contributed by atoms with Crippen LogP contribution in [0, 0.1) is 0 Å². The van der Waals surface area contributed by atoms with Gasteiger partial charge in [-0.1, -0.05) is 47.6 Å². The first-order chi connectivity index (χ1) is 19.3. The number of oxime groups is 1. The molecule has 1 saturated heterocycles. The summed E-state index contributed by atoms with van der Waals surface area (Å²) in [5, 5.41) is 16.9. The van der Waals surface area contributed by atoms with Gasteiger partial charge in [-0.05, 0) is 47.5 Å². The molecule has 0 bridgehead atoms. The van der Waals surface area contributed by atoms with E-state index in [4.69, 9.17) is 14.3 Å². The average Bonchev–Trinajstić information content (AvgIpc) is 3.38. The number of aliphatic hydroxyl groups is 1. The lowest BCUT2D eigenvalue weighted by atomic mass is 10.1. The van der Waals surface area contributed by atoms with Crippen molar-refractivity contribution in [2.45, 2.75) is 29.9 Å². The van der Waals surface area contributed by atoms with Crippen molar-refractivity contribution in [1.29, 1.82) is 0 Å². The monoisotopic (exact) mass is 567 g/mol. The zero-order chi connectivity index (χ0) is 28.5. The van der Waals surface area contributed by atoms with Crippen LogP contribution in [0.1, 0.15) is 12.8 Å². The molecule has 3 aromatic carbocycles. The molecular formula is C29H33N3O7S. The Morgan fingerprint density at radius 1 is 1.00 bits per heavy atom. The van der Waals surface area contributed by atoms with Crippen LogP contribution in [0.3, 0.4) is 0 Å². The Hall–Kier alpha value is -3.93.